The number of hydrogen-bond acceptors (Lipinski definition) is 4. The van der Waals surface area contributed by atoms with Crippen molar-refractivity contribution in [3.8, 4) is 11.5 Å². The van der Waals surface area contributed by atoms with Crippen LogP contribution in [0.1, 0.15) is 36.9 Å². The van der Waals surface area contributed by atoms with E-state index in [1.165, 1.54) is 60.6 Å². The molecule has 28 heavy (non-hydrogen) atoms. The zero-order valence-electron chi connectivity index (χ0n) is 16.4. The largest absolute Gasteiger partial charge is 0.493 e. The minimum absolute atomic E-state index is 0. The van der Waals surface area contributed by atoms with Crippen molar-refractivity contribution < 1.29 is 10.9 Å². The molecule has 2 atom stereocenters. The predicted octanol–water partition coefficient (Wildman–Crippen LogP) is 3.87. The summed E-state index contributed by atoms with van der Waals surface area (Å²) in [5.41, 5.74) is 5.70. The van der Waals surface area contributed by atoms with Crippen molar-refractivity contribution in [3.05, 3.63) is 53.1 Å². The molecule has 4 heteroatoms. The number of hydrogen-bond donors (Lipinski definition) is 0. The molecule has 0 N–H and O–H groups in total. The highest BCUT2D eigenvalue weighted by Gasteiger charge is 2.44. The zero-order valence-corrected chi connectivity index (χ0v) is 16.4. The van der Waals surface area contributed by atoms with Crippen molar-refractivity contribution in [1.82, 2.24) is 4.90 Å². The molecule has 1 fully saturated rings. The van der Waals surface area contributed by atoms with Gasteiger partial charge in [0, 0.05) is 32.9 Å². The number of para-hydroxylation sites is 2. The number of piperidine rings is 1. The first kappa shape index (κ1) is 16.7. The third-order valence-corrected chi connectivity index (χ3v) is 7.08. The van der Waals surface area contributed by atoms with Crippen LogP contribution >= 0.6 is 0 Å². The lowest BCUT2D eigenvalue weighted by molar-refractivity contribution is 0.188. The van der Waals surface area contributed by atoms with E-state index in [9.17, 15) is 0 Å². The van der Waals surface area contributed by atoms with Crippen LogP contribution in [0.3, 0.4) is 0 Å². The second-order valence-electron chi connectivity index (χ2n) is 8.61. The van der Waals surface area contributed by atoms with Gasteiger partial charge in [0.15, 0.2) is 0 Å². The molecule has 0 radical (unpaired) electrons. The number of benzene rings is 2. The number of aryl methyl sites for hydroxylation is 1. The van der Waals surface area contributed by atoms with Gasteiger partial charge in [-0.1, -0.05) is 30.3 Å². The minimum Gasteiger partial charge on any atom is -0.493 e. The Labute approximate surface area is 168 Å². The van der Waals surface area contributed by atoms with E-state index in [0.29, 0.717) is 12.0 Å². The summed E-state index contributed by atoms with van der Waals surface area (Å²) in [4.78, 5) is 5.32. The summed E-state index contributed by atoms with van der Waals surface area (Å²) < 4.78 is 11.8. The summed E-state index contributed by atoms with van der Waals surface area (Å²) >= 11 is 0. The number of rotatable bonds is 4. The average Bonchev–Trinajstić information content (AvgIpc) is 3.34. The summed E-state index contributed by atoms with van der Waals surface area (Å²) in [6.45, 7) is 6.30. The van der Waals surface area contributed by atoms with E-state index in [-0.39, 0.29) is 1.43 Å². The zero-order chi connectivity index (χ0) is 18.5. The molecule has 0 spiro atoms. The van der Waals surface area contributed by atoms with E-state index in [1.807, 2.05) is 0 Å². The highest BCUT2D eigenvalue weighted by atomic mass is 16.5. The molecule has 0 amide bonds. The van der Waals surface area contributed by atoms with Gasteiger partial charge >= 0.3 is 0 Å². The van der Waals surface area contributed by atoms with Crippen molar-refractivity contribution in [2.24, 2.45) is 0 Å². The highest BCUT2D eigenvalue weighted by Crippen LogP contribution is 2.50. The smallest absolute Gasteiger partial charge is 0.142 e. The molecule has 2 aromatic carbocycles. The topological polar surface area (TPSA) is 24.9 Å². The van der Waals surface area contributed by atoms with Gasteiger partial charge in [0.05, 0.1) is 18.8 Å². The number of nitrogens with zero attached hydrogens (tertiary/aromatic N) is 2. The standard InChI is InChI=1S/C24H28N2O2.H2/c1-4-17(24-18(5-1)10-14-28-24)6-3-11-25-12-9-21-20(16-25)19-7-2-8-22-23(19)26(21)13-15-27-22;/h1-2,4-5,7-8,20-21H,3,6,9-16H2;1H/t20-,21?;/m1./s1. The molecule has 1 saturated heterocycles. The lowest BCUT2D eigenvalue weighted by atomic mass is 9.89. The van der Waals surface area contributed by atoms with Crippen molar-refractivity contribution in [1.29, 1.82) is 0 Å². The second-order valence-corrected chi connectivity index (χ2v) is 8.61. The molecule has 148 valence electrons. The molecule has 4 aliphatic heterocycles. The summed E-state index contributed by atoms with van der Waals surface area (Å²) in [6.07, 6.45) is 4.66. The Morgan fingerprint density at radius 2 is 2.00 bits per heavy atom. The number of likely N-dealkylation sites (tertiary alicyclic amines) is 1. The van der Waals surface area contributed by atoms with Crippen LogP contribution in [-0.4, -0.2) is 50.3 Å². The van der Waals surface area contributed by atoms with E-state index >= 15 is 0 Å². The van der Waals surface area contributed by atoms with Gasteiger partial charge in [0.25, 0.3) is 0 Å². The van der Waals surface area contributed by atoms with Gasteiger partial charge in [0.1, 0.15) is 18.1 Å². The van der Waals surface area contributed by atoms with Crippen molar-refractivity contribution in [3.63, 3.8) is 0 Å². The van der Waals surface area contributed by atoms with Gasteiger partial charge in [-0.3, -0.25) is 0 Å². The van der Waals surface area contributed by atoms with Gasteiger partial charge in [0.2, 0.25) is 0 Å². The van der Waals surface area contributed by atoms with Crippen LogP contribution in [0.2, 0.25) is 0 Å². The van der Waals surface area contributed by atoms with Gasteiger partial charge < -0.3 is 19.3 Å². The van der Waals surface area contributed by atoms with Gasteiger partial charge in [-0.05, 0) is 48.6 Å². The quantitative estimate of drug-likeness (QED) is 0.806. The van der Waals surface area contributed by atoms with Crippen molar-refractivity contribution in [2.75, 3.05) is 44.3 Å². The Morgan fingerprint density at radius 3 is 3.00 bits per heavy atom. The molecule has 6 rings (SSSR count). The molecule has 0 saturated carbocycles. The first-order valence-corrected chi connectivity index (χ1v) is 10.9. The summed E-state index contributed by atoms with van der Waals surface area (Å²) in [5.74, 6) is 2.91. The third-order valence-electron chi connectivity index (χ3n) is 7.08. The van der Waals surface area contributed by atoms with E-state index in [4.69, 9.17) is 9.47 Å². The molecule has 0 bridgehead atoms. The first-order chi connectivity index (χ1) is 13.9. The normalized spacial score (nSPS) is 24.9. The predicted molar refractivity (Wildman–Crippen MR) is 113 cm³/mol. The van der Waals surface area contributed by atoms with E-state index in [1.54, 1.807) is 0 Å². The molecule has 4 aliphatic rings. The highest BCUT2D eigenvalue weighted by molar-refractivity contribution is 5.71. The maximum Gasteiger partial charge on any atom is 0.142 e. The second kappa shape index (κ2) is 6.70. The Balaban J connectivity index is 0.00000181. The Morgan fingerprint density at radius 1 is 1.04 bits per heavy atom. The van der Waals surface area contributed by atoms with Crippen molar-refractivity contribution in [2.45, 2.75) is 37.6 Å². The average molecular weight is 379 g/mol. The van der Waals surface area contributed by atoms with Gasteiger partial charge in [-0.25, -0.2) is 0 Å². The fourth-order valence-corrected chi connectivity index (χ4v) is 5.82. The minimum atomic E-state index is 0. The molecule has 2 aromatic rings. The number of ether oxygens (including phenoxy) is 2. The monoisotopic (exact) mass is 378 g/mol. The molecule has 1 unspecified atom stereocenters. The molecular weight excluding hydrogens is 348 g/mol. The maximum absolute atomic E-state index is 5.93. The first-order valence-electron chi connectivity index (χ1n) is 10.9. The molecule has 0 aliphatic carbocycles. The van der Waals surface area contributed by atoms with Crippen LogP contribution in [0.4, 0.5) is 5.69 Å². The van der Waals surface area contributed by atoms with Crippen LogP contribution in [0, 0.1) is 0 Å². The SMILES string of the molecule is [HH].c1cc(CCCN2CCC3[C@H](C2)c2cccc4c2N3CCO4)c2c(c1)CCO2. The van der Waals surface area contributed by atoms with Crippen LogP contribution in [0.5, 0.6) is 11.5 Å². The summed E-state index contributed by atoms with van der Waals surface area (Å²) in [6, 6.07) is 14.0. The fourth-order valence-electron chi connectivity index (χ4n) is 5.82. The number of fused-ring (bicyclic) bond motifs is 4. The van der Waals surface area contributed by atoms with E-state index in [2.05, 4.69) is 46.2 Å². The Bertz CT molecular complexity index is 902. The lowest BCUT2D eigenvalue weighted by Gasteiger charge is -2.40. The summed E-state index contributed by atoms with van der Waals surface area (Å²) in [5, 5.41) is 0. The van der Waals surface area contributed by atoms with Crippen LogP contribution in [-0.2, 0) is 12.8 Å². The van der Waals surface area contributed by atoms with Crippen LogP contribution < -0.4 is 14.4 Å². The molecule has 4 nitrogen and oxygen atoms in total. The van der Waals surface area contributed by atoms with Crippen molar-refractivity contribution >= 4 is 5.69 Å². The summed E-state index contributed by atoms with van der Waals surface area (Å²) in [7, 11) is 0. The molecular formula is C24H30N2O2. The third kappa shape index (κ3) is 2.61. The molecule has 0 aromatic heterocycles. The fraction of sp³-hybridized carbons (Fsp3) is 0.500. The van der Waals surface area contributed by atoms with Gasteiger partial charge in [-0.2, -0.15) is 0 Å². The van der Waals surface area contributed by atoms with E-state index in [0.717, 1.165) is 38.3 Å². The molecule has 4 heterocycles. The Hall–Kier alpha value is -2.20. The lowest BCUT2D eigenvalue weighted by Crippen LogP contribution is -2.48. The van der Waals surface area contributed by atoms with Crippen LogP contribution in [0.25, 0.3) is 0 Å². The van der Waals surface area contributed by atoms with Gasteiger partial charge in [-0.15, -0.1) is 0 Å². The maximum atomic E-state index is 5.93. The van der Waals surface area contributed by atoms with Crippen LogP contribution in [0.15, 0.2) is 36.4 Å². The Kier molecular flexibility index (Phi) is 4.00. The number of anilines is 1. The van der Waals surface area contributed by atoms with E-state index < -0.39 is 0 Å².